The molecule has 13 heteroatoms. The largest absolute Gasteiger partial charge is 0.417 e. The van der Waals surface area contributed by atoms with Crippen LogP contribution in [0, 0.1) is 0 Å². The zero-order chi connectivity index (χ0) is 23.7. The van der Waals surface area contributed by atoms with Crippen molar-refractivity contribution in [1.82, 2.24) is 25.1 Å². The van der Waals surface area contributed by atoms with E-state index in [4.69, 9.17) is 11.6 Å². The molecule has 1 N–H and O–H groups in total. The second-order valence-corrected chi connectivity index (χ2v) is 9.96. The third-order valence-electron chi connectivity index (χ3n) is 4.13. The van der Waals surface area contributed by atoms with Crippen molar-refractivity contribution in [3.8, 4) is 5.82 Å². The molecule has 0 saturated carbocycles. The molecule has 1 aromatic carbocycles. The maximum Gasteiger partial charge on any atom is 0.417 e. The standard InChI is InChI=1S/C19H18ClF3N6O2S/c1-11(27-18(30)13-5-4-6-14(16(13)20)19(21,22)23)17-25-10-26-29(17)15-8-7-12(9-24-15)28-32(2,3)31/h4-11H,1-3H3,(H,27,30)/t11-/m0/s1. The van der Waals surface area contributed by atoms with Gasteiger partial charge >= 0.3 is 6.18 Å². The van der Waals surface area contributed by atoms with Crippen molar-refractivity contribution in [3.63, 3.8) is 0 Å². The van der Waals surface area contributed by atoms with Crippen LogP contribution in [0.15, 0.2) is 47.2 Å². The summed E-state index contributed by atoms with van der Waals surface area (Å²) in [5.74, 6) is -0.160. The quantitative estimate of drug-likeness (QED) is 0.582. The van der Waals surface area contributed by atoms with E-state index in [0.717, 1.165) is 12.1 Å². The summed E-state index contributed by atoms with van der Waals surface area (Å²) in [6.45, 7) is 1.59. The SMILES string of the molecule is C[C@H](NC(=O)c1cccc(C(F)(F)F)c1Cl)c1ncnn1-c1ccc(N=S(C)(C)=O)cn1. The van der Waals surface area contributed by atoms with Crippen LogP contribution in [0.5, 0.6) is 0 Å². The Morgan fingerprint density at radius 2 is 1.94 bits per heavy atom. The first kappa shape index (κ1) is 23.7. The van der Waals surface area contributed by atoms with Gasteiger partial charge in [-0.3, -0.25) is 4.79 Å². The van der Waals surface area contributed by atoms with Crippen molar-refractivity contribution >= 4 is 32.9 Å². The maximum atomic E-state index is 13.1. The van der Waals surface area contributed by atoms with Gasteiger partial charge in [-0.05, 0) is 31.2 Å². The summed E-state index contributed by atoms with van der Waals surface area (Å²) in [5, 5.41) is 5.97. The third kappa shape index (κ3) is 5.43. The van der Waals surface area contributed by atoms with E-state index < -0.39 is 38.4 Å². The molecule has 170 valence electrons. The molecule has 0 spiro atoms. The van der Waals surface area contributed by atoms with Crippen molar-refractivity contribution < 1.29 is 22.2 Å². The molecule has 2 aromatic heterocycles. The van der Waals surface area contributed by atoms with E-state index in [0.29, 0.717) is 11.5 Å². The molecule has 0 aliphatic heterocycles. The molecule has 3 rings (SSSR count). The number of carbonyl (C=O) groups excluding carboxylic acids is 1. The topological polar surface area (TPSA) is 102 Å². The zero-order valence-corrected chi connectivity index (χ0v) is 18.7. The molecule has 0 fully saturated rings. The Balaban J connectivity index is 1.84. The zero-order valence-electron chi connectivity index (χ0n) is 17.1. The van der Waals surface area contributed by atoms with E-state index in [9.17, 15) is 22.2 Å². The molecular formula is C19H18ClF3N6O2S. The number of alkyl halides is 3. The molecule has 0 saturated heterocycles. The van der Waals surface area contributed by atoms with E-state index >= 15 is 0 Å². The minimum Gasteiger partial charge on any atom is -0.342 e. The molecular weight excluding hydrogens is 469 g/mol. The monoisotopic (exact) mass is 486 g/mol. The van der Waals surface area contributed by atoms with Crippen LogP contribution in [0.3, 0.4) is 0 Å². The van der Waals surface area contributed by atoms with Gasteiger partial charge in [0.2, 0.25) is 0 Å². The van der Waals surface area contributed by atoms with Gasteiger partial charge in [0.05, 0.1) is 34.1 Å². The molecule has 0 aliphatic carbocycles. The van der Waals surface area contributed by atoms with Gasteiger partial charge in [-0.25, -0.2) is 14.2 Å². The first-order valence-corrected chi connectivity index (χ1v) is 11.8. The Kier molecular flexibility index (Phi) is 6.56. The lowest BCUT2D eigenvalue weighted by molar-refractivity contribution is -0.137. The average molecular weight is 487 g/mol. The Morgan fingerprint density at radius 3 is 2.53 bits per heavy atom. The fourth-order valence-electron chi connectivity index (χ4n) is 2.80. The van der Waals surface area contributed by atoms with Crippen LogP contribution in [0.4, 0.5) is 18.9 Å². The Morgan fingerprint density at radius 1 is 1.22 bits per heavy atom. The highest BCUT2D eigenvalue weighted by molar-refractivity contribution is 7.92. The summed E-state index contributed by atoms with van der Waals surface area (Å²) in [4.78, 5) is 20.9. The Bertz CT molecular complexity index is 1260. The predicted molar refractivity (Wildman–Crippen MR) is 114 cm³/mol. The highest BCUT2D eigenvalue weighted by atomic mass is 35.5. The van der Waals surface area contributed by atoms with E-state index in [1.807, 2.05) is 0 Å². The van der Waals surface area contributed by atoms with Gasteiger partial charge in [-0.15, -0.1) is 0 Å². The third-order valence-corrected chi connectivity index (χ3v) is 5.19. The number of amides is 1. The van der Waals surface area contributed by atoms with Crippen LogP contribution >= 0.6 is 11.6 Å². The van der Waals surface area contributed by atoms with Crippen molar-refractivity contribution in [3.05, 3.63) is 64.8 Å². The molecule has 0 unspecified atom stereocenters. The van der Waals surface area contributed by atoms with Crippen LogP contribution in [-0.2, 0) is 15.9 Å². The van der Waals surface area contributed by atoms with Gasteiger partial charge < -0.3 is 5.32 Å². The van der Waals surface area contributed by atoms with E-state index in [1.165, 1.54) is 35.8 Å². The van der Waals surface area contributed by atoms with E-state index in [2.05, 4.69) is 24.7 Å². The van der Waals surface area contributed by atoms with Crippen LogP contribution in [0.25, 0.3) is 5.82 Å². The molecule has 8 nitrogen and oxygen atoms in total. The summed E-state index contributed by atoms with van der Waals surface area (Å²) in [6.07, 6.45) is 0.972. The number of hydrogen-bond donors (Lipinski definition) is 1. The molecule has 0 bridgehead atoms. The van der Waals surface area contributed by atoms with Crippen molar-refractivity contribution in [2.24, 2.45) is 4.36 Å². The average Bonchev–Trinajstić information content (AvgIpc) is 3.16. The first-order valence-electron chi connectivity index (χ1n) is 9.07. The van der Waals surface area contributed by atoms with Crippen LogP contribution in [0.2, 0.25) is 5.02 Å². The summed E-state index contributed by atoms with van der Waals surface area (Å²) < 4.78 is 56.4. The molecule has 1 amide bonds. The molecule has 0 aliphatic rings. The number of pyridine rings is 1. The number of carbonyl (C=O) groups is 1. The Labute approximate surface area is 187 Å². The molecule has 3 aromatic rings. The minimum absolute atomic E-state index is 0.286. The van der Waals surface area contributed by atoms with Gasteiger partial charge in [0.1, 0.15) is 6.33 Å². The fraction of sp³-hybridized carbons (Fsp3) is 0.263. The normalized spacial score (nSPS) is 13.0. The fourth-order valence-corrected chi connectivity index (χ4v) is 3.73. The van der Waals surface area contributed by atoms with E-state index in [-0.39, 0.29) is 11.4 Å². The van der Waals surface area contributed by atoms with Crippen molar-refractivity contribution in [1.29, 1.82) is 0 Å². The highest BCUT2D eigenvalue weighted by Gasteiger charge is 2.35. The molecule has 0 radical (unpaired) electrons. The van der Waals surface area contributed by atoms with Gasteiger partial charge in [-0.2, -0.15) is 27.3 Å². The van der Waals surface area contributed by atoms with Crippen LogP contribution in [-0.4, -0.2) is 42.4 Å². The smallest absolute Gasteiger partial charge is 0.342 e. The number of halogens is 4. The second-order valence-electron chi connectivity index (χ2n) is 7.04. The predicted octanol–water partition coefficient (Wildman–Crippen LogP) is 4.18. The van der Waals surface area contributed by atoms with Crippen LogP contribution in [0.1, 0.15) is 34.7 Å². The lowest BCUT2D eigenvalue weighted by Crippen LogP contribution is -2.29. The van der Waals surface area contributed by atoms with Crippen LogP contribution < -0.4 is 5.32 Å². The number of nitrogens with one attached hydrogen (secondary N) is 1. The molecule has 2 heterocycles. The summed E-state index contributed by atoms with van der Waals surface area (Å²) in [5.41, 5.74) is -0.988. The number of nitrogens with zero attached hydrogens (tertiary/aromatic N) is 5. The first-order chi connectivity index (χ1) is 14.9. The number of hydrogen-bond acceptors (Lipinski definition) is 6. The van der Waals surface area contributed by atoms with Crippen molar-refractivity contribution in [2.75, 3.05) is 12.5 Å². The molecule has 1 atom stereocenters. The summed E-state index contributed by atoms with van der Waals surface area (Å²) in [7, 11) is -2.35. The lowest BCUT2D eigenvalue weighted by Gasteiger charge is -2.16. The van der Waals surface area contributed by atoms with Crippen molar-refractivity contribution in [2.45, 2.75) is 19.1 Å². The number of rotatable bonds is 5. The summed E-state index contributed by atoms with van der Waals surface area (Å²) in [6, 6.07) is 5.56. The molecule has 32 heavy (non-hydrogen) atoms. The Hall–Kier alpha value is -2.99. The van der Waals surface area contributed by atoms with Gasteiger partial charge in [0.15, 0.2) is 11.6 Å². The summed E-state index contributed by atoms with van der Waals surface area (Å²) >= 11 is 5.83. The van der Waals surface area contributed by atoms with E-state index in [1.54, 1.807) is 19.1 Å². The number of aromatic nitrogens is 4. The minimum atomic E-state index is -4.69. The van der Waals surface area contributed by atoms with Gasteiger partial charge in [-0.1, -0.05) is 17.7 Å². The maximum absolute atomic E-state index is 13.1. The highest BCUT2D eigenvalue weighted by Crippen LogP contribution is 2.36. The van der Waals surface area contributed by atoms with Gasteiger partial charge in [0, 0.05) is 22.2 Å². The second kappa shape index (κ2) is 8.87. The number of benzene rings is 1. The lowest BCUT2D eigenvalue weighted by atomic mass is 10.1. The van der Waals surface area contributed by atoms with Gasteiger partial charge in [0.25, 0.3) is 5.91 Å².